The number of amides is 1. The molecule has 0 bridgehead atoms. The maximum atomic E-state index is 12.8. The molecule has 7 heteroatoms. The van der Waals surface area contributed by atoms with Crippen molar-refractivity contribution in [1.29, 1.82) is 0 Å². The average molecular weight is 383 g/mol. The molecule has 3 aromatic rings. The zero-order chi connectivity index (χ0) is 18.8. The minimum atomic E-state index is -0.188. The first-order valence-corrected chi connectivity index (χ1v) is 9.07. The quantitative estimate of drug-likeness (QED) is 0.691. The molecule has 1 aliphatic rings. The molecule has 0 aliphatic carbocycles. The fourth-order valence-electron chi connectivity index (χ4n) is 3.59. The molecule has 0 spiro atoms. The summed E-state index contributed by atoms with van der Waals surface area (Å²) in [6.45, 7) is -0.0209. The summed E-state index contributed by atoms with van der Waals surface area (Å²) < 4.78 is 6.91. The highest BCUT2D eigenvalue weighted by Crippen LogP contribution is 2.41. The standard InChI is InChI=1S/C20H19ClN4O2/c1-27-12-19(26)24-17(15-7-9-16(21)10-8-15)11-18(14-5-3-2-4-6-14)25-20(24)22-13-23-25/h2-10,13,17-18H,11-12H2,1H3/t17-,18-/m0/s1. The van der Waals surface area contributed by atoms with Gasteiger partial charge in [-0.3, -0.25) is 9.69 Å². The second kappa shape index (κ2) is 7.50. The lowest BCUT2D eigenvalue weighted by molar-refractivity contribution is -0.123. The molecule has 0 fully saturated rings. The third kappa shape index (κ3) is 3.34. The van der Waals surface area contributed by atoms with E-state index in [1.165, 1.54) is 13.4 Å². The molecule has 1 aromatic heterocycles. The molecule has 1 amide bonds. The number of nitrogens with zero attached hydrogens (tertiary/aromatic N) is 4. The number of carbonyl (C=O) groups is 1. The fraction of sp³-hybridized carbons (Fsp3) is 0.250. The first-order valence-electron chi connectivity index (χ1n) is 8.70. The molecule has 138 valence electrons. The van der Waals surface area contributed by atoms with Crippen molar-refractivity contribution in [3.05, 3.63) is 77.1 Å². The van der Waals surface area contributed by atoms with Gasteiger partial charge in [0.15, 0.2) is 0 Å². The van der Waals surface area contributed by atoms with E-state index in [0.717, 1.165) is 11.1 Å². The van der Waals surface area contributed by atoms with Crippen molar-refractivity contribution in [3.8, 4) is 0 Å². The minimum absolute atomic E-state index is 0.0176. The summed E-state index contributed by atoms with van der Waals surface area (Å²) in [5, 5.41) is 5.06. The number of methoxy groups -OCH3 is 1. The van der Waals surface area contributed by atoms with E-state index in [1.807, 2.05) is 47.1 Å². The van der Waals surface area contributed by atoms with Gasteiger partial charge in [0.25, 0.3) is 5.91 Å². The van der Waals surface area contributed by atoms with Crippen molar-refractivity contribution < 1.29 is 9.53 Å². The fourth-order valence-corrected chi connectivity index (χ4v) is 3.72. The second-order valence-corrected chi connectivity index (χ2v) is 6.87. The average Bonchev–Trinajstić information content (AvgIpc) is 3.18. The van der Waals surface area contributed by atoms with E-state index in [-0.39, 0.29) is 24.6 Å². The number of anilines is 1. The Hall–Kier alpha value is -2.70. The van der Waals surface area contributed by atoms with Crippen LogP contribution in [-0.2, 0) is 9.53 Å². The Morgan fingerprint density at radius 2 is 1.81 bits per heavy atom. The van der Waals surface area contributed by atoms with Gasteiger partial charge in [0.2, 0.25) is 5.95 Å². The molecule has 6 nitrogen and oxygen atoms in total. The monoisotopic (exact) mass is 382 g/mol. The van der Waals surface area contributed by atoms with Gasteiger partial charge >= 0.3 is 0 Å². The SMILES string of the molecule is COCC(=O)N1c2ncnn2[C@H](c2ccccc2)C[C@H]1c1ccc(Cl)cc1. The summed E-state index contributed by atoms with van der Waals surface area (Å²) in [6.07, 6.45) is 2.17. The van der Waals surface area contributed by atoms with Crippen LogP contribution in [0.5, 0.6) is 0 Å². The third-order valence-electron chi connectivity index (χ3n) is 4.80. The number of hydrogen-bond donors (Lipinski definition) is 0. The molecule has 0 unspecified atom stereocenters. The van der Waals surface area contributed by atoms with Crippen LogP contribution in [0.1, 0.15) is 29.6 Å². The number of aromatic nitrogens is 3. The lowest BCUT2D eigenvalue weighted by atomic mass is 9.92. The molecule has 1 aliphatic heterocycles. The van der Waals surface area contributed by atoms with Crippen molar-refractivity contribution in [2.75, 3.05) is 18.6 Å². The molecule has 4 rings (SSSR count). The lowest BCUT2D eigenvalue weighted by Gasteiger charge is -2.39. The topological polar surface area (TPSA) is 60.2 Å². The van der Waals surface area contributed by atoms with E-state index in [1.54, 1.807) is 4.90 Å². The Morgan fingerprint density at radius 1 is 1.11 bits per heavy atom. The van der Waals surface area contributed by atoms with Crippen molar-refractivity contribution in [1.82, 2.24) is 14.8 Å². The summed E-state index contributed by atoms with van der Waals surface area (Å²) in [4.78, 5) is 18.9. The van der Waals surface area contributed by atoms with Crippen molar-refractivity contribution in [2.45, 2.75) is 18.5 Å². The van der Waals surface area contributed by atoms with Crippen LogP contribution in [0.25, 0.3) is 0 Å². The minimum Gasteiger partial charge on any atom is -0.375 e. The van der Waals surface area contributed by atoms with Crippen LogP contribution in [-0.4, -0.2) is 34.4 Å². The zero-order valence-corrected chi connectivity index (χ0v) is 15.6. The van der Waals surface area contributed by atoms with Gasteiger partial charge in [0.05, 0.1) is 12.1 Å². The van der Waals surface area contributed by atoms with Crippen LogP contribution in [0.4, 0.5) is 5.95 Å². The van der Waals surface area contributed by atoms with Crippen LogP contribution >= 0.6 is 11.6 Å². The number of fused-ring (bicyclic) bond motifs is 1. The highest BCUT2D eigenvalue weighted by Gasteiger charge is 2.39. The summed E-state index contributed by atoms with van der Waals surface area (Å²) in [7, 11) is 1.51. The molecular weight excluding hydrogens is 364 g/mol. The molecule has 0 saturated heterocycles. The Kier molecular flexibility index (Phi) is 4.92. The van der Waals surface area contributed by atoms with Crippen molar-refractivity contribution in [2.24, 2.45) is 0 Å². The predicted octanol–water partition coefficient (Wildman–Crippen LogP) is 3.65. The maximum Gasteiger partial charge on any atom is 0.255 e. The smallest absolute Gasteiger partial charge is 0.255 e. The number of hydrogen-bond acceptors (Lipinski definition) is 4. The van der Waals surface area contributed by atoms with Crippen LogP contribution in [0.15, 0.2) is 60.9 Å². The maximum absolute atomic E-state index is 12.8. The normalized spacial score (nSPS) is 19.0. The van der Waals surface area contributed by atoms with E-state index in [2.05, 4.69) is 22.2 Å². The Morgan fingerprint density at radius 3 is 2.52 bits per heavy atom. The molecule has 2 aromatic carbocycles. The van der Waals surface area contributed by atoms with Gasteiger partial charge in [-0.05, 0) is 29.7 Å². The molecule has 0 saturated carbocycles. The summed E-state index contributed by atoms with van der Waals surface area (Å²) in [6, 6.07) is 17.5. The molecule has 0 radical (unpaired) electrons. The van der Waals surface area contributed by atoms with Crippen molar-refractivity contribution >= 4 is 23.5 Å². The largest absolute Gasteiger partial charge is 0.375 e. The Balaban J connectivity index is 1.82. The summed E-state index contributed by atoms with van der Waals surface area (Å²) in [5.41, 5.74) is 2.13. The Bertz CT molecular complexity index is 927. The van der Waals surface area contributed by atoms with Gasteiger partial charge in [-0.15, -0.1) is 0 Å². The molecule has 2 atom stereocenters. The van der Waals surface area contributed by atoms with Crippen molar-refractivity contribution in [3.63, 3.8) is 0 Å². The summed E-state index contributed by atoms with van der Waals surface area (Å²) >= 11 is 6.06. The first-order chi connectivity index (χ1) is 13.2. The number of benzene rings is 2. The summed E-state index contributed by atoms with van der Waals surface area (Å²) in [5.74, 6) is 0.371. The van der Waals surface area contributed by atoms with Crippen LogP contribution in [0.2, 0.25) is 5.02 Å². The third-order valence-corrected chi connectivity index (χ3v) is 5.05. The number of ether oxygens (including phenoxy) is 1. The number of carbonyl (C=O) groups excluding carboxylic acids is 1. The van der Waals surface area contributed by atoms with E-state index in [4.69, 9.17) is 16.3 Å². The molecule has 27 heavy (non-hydrogen) atoms. The van der Waals surface area contributed by atoms with Gasteiger partial charge in [-0.1, -0.05) is 54.1 Å². The predicted molar refractivity (Wildman–Crippen MR) is 103 cm³/mol. The van der Waals surface area contributed by atoms with Gasteiger partial charge < -0.3 is 4.74 Å². The number of halogens is 1. The number of rotatable bonds is 4. The van der Waals surface area contributed by atoms with Gasteiger partial charge in [0, 0.05) is 12.1 Å². The highest BCUT2D eigenvalue weighted by atomic mass is 35.5. The zero-order valence-electron chi connectivity index (χ0n) is 14.8. The van der Waals surface area contributed by atoms with Gasteiger partial charge in [-0.25, -0.2) is 4.68 Å². The van der Waals surface area contributed by atoms with Crippen LogP contribution in [0, 0.1) is 0 Å². The van der Waals surface area contributed by atoms with E-state index >= 15 is 0 Å². The molecule has 0 N–H and O–H groups in total. The van der Waals surface area contributed by atoms with E-state index in [9.17, 15) is 4.79 Å². The van der Waals surface area contributed by atoms with Crippen LogP contribution in [0.3, 0.4) is 0 Å². The van der Waals surface area contributed by atoms with E-state index < -0.39 is 0 Å². The first kappa shape index (κ1) is 17.7. The van der Waals surface area contributed by atoms with Gasteiger partial charge in [0.1, 0.15) is 12.9 Å². The molecule has 2 heterocycles. The highest BCUT2D eigenvalue weighted by molar-refractivity contribution is 6.30. The van der Waals surface area contributed by atoms with Crippen LogP contribution < -0.4 is 4.90 Å². The lowest BCUT2D eigenvalue weighted by Crippen LogP contribution is -2.44. The Labute approximate surface area is 162 Å². The van der Waals surface area contributed by atoms with Gasteiger partial charge in [-0.2, -0.15) is 10.1 Å². The second-order valence-electron chi connectivity index (χ2n) is 6.43. The van der Waals surface area contributed by atoms with E-state index in [0.29, 0.717) is 17.4 Å². The molecular formula is C20H19ClN4O2.